The fourth-order valence-electron chi connectivity index (χ4n) is 1.28. The second kappa shape index (κ2) is 3.59. The molecule has 2 N–H and O–H groups in total. The third-order valence-corrected chi connectivity index (χ3v) is 1.87. The number of aryl methyl sites for hydroxylation is 1. The second-order valence-electron chi connectivity index (χ2n) is 2.97. The van der Waals surface area contributed by atoms with E-state index in [1.165, 1.54) is 0 Å². The van der Waals surface area contributed by atoms with Crippen molar-refractivity contribution in [2.24, 2.45) is 5.73 Å². The van der Waals surface area contributed by atoms with Crippen LogP contribution in [0.2, 0.25) is 0 Å². The Hall–Kier alpha value is -1.68. The van der Waals surface area contributed by atoms with Crippen molar-refractivity contribution >= 4 is 0 Å². The molecule has 4 nitrogen and oxygen atoms in total. The molecule has 0 atom stereocenters. The lowest BCUT2D eigenvalue weighted by Gasteiger charge is -2.01. The highest BCUT2D eigenvalue weighted by molar-refractivity contribution is 5.51. The van der Waals surface area contributed by atoms with Crippen molar-refractivity contribution < 1.29 is 4.42 Å². The van der Waals surface area contributed by atoms with E-state index < -0.39 is 0 Å². The van der Waals surface area contributed by atoms with Gasteiger partial charge in [0.1, 0.15) is 11.5 Å². The van der Waals surface area contributed by atoms with E-state index in [1.54, 1.807) is 6.26 Å². The first-order valence-electron chi connectivity index (χ1n) is 4.38. The zero-order valence-corrected chi connectivity index (χ0v) is 7.90. The minimum absolute atomic E-state index is 0.414. The molecule has 0 aromatic carbocycles. The summed E-state index contributed by atoms with van der Waals surface area (Å²) in [6.45, 7) is 2.25. The number of nitrogens with two attached hydrogens (primary N) is 1. The minimum atomic E-state index is 0.414. The molecule has 72 valence electrons. The molecule has 0 spiro atoms. The zero-order chi connectivity index (χ0) is 9.97. The first kappa shape index (κ1) is 8.90. The van der Waals surface area contributed by atoms with Crippen LogP contribution >= 0.6 is 0 Å². The molecular weight excluding hydrogens is 178 g/mol. The van der Waals surface area contributed by atoms with Gasteiger partial charge < -0.3 is 10.2 Å². The maximum Gasteiger partial charge on any atom is 0.152 e. The van der Waals surface area contributed by atoms with E-state index in [-0.39, 0.29) is 0 Å². The number of aromatic nitrogens is 2. The van der Waals surface area contributed by atoms with E-state index >= 15 is 0 Å². The second-order valence-corrected chi connectivity index (χ2v) is 2.97. The lowest BCUT2D eigenvalue weighted by molar-refractivity contribution is 0.579. The molecule has 0 aliphatic carbocycles. The van der Waals surface area contributed by atoms with Gasteiger partial charge in [-0.15, -0.1) is 0 Å². The normalized spacial score (nSPS) is 10.4. The summed E-state index contributed by atoms with van der Waals surface area (Å²) in [6.07, 6.45) is 1.62. The average molecular weight is 189 g/mol. The van der Waals surface area contributed by atoms with Gasteiger partial charge in [-0.25, -0.2) is 9.97 Å². The van der Waals surface area contributed by atoms with Gasteiger partial charge in [0.2, 0.25) is 0 Å². The van der Waals surface area contributed by atoms with Crippen molar-refractivity contribution in [3.8, 4) is 11.5 Å². The Labute approximate surface area is 81.8 Å². The molecule has 0 fully saturated rings. The van der Waals surface area contributed by atoms with Gasteiger partial charge in [0.15, 0.2) is 5.76 Å². The maximum atomic E-state index is 5.52. The van der Waals surface area contributed by atoms with Crippen LogP contribution in [0, 0.1) is 6.92 Å². The molecule has 2 aromatic rings. The fraction of sp³-hybridized carbons (Fsp3) is 0.200. The van der Waals surface area contributed by atoms with Gasteiger partial charge in [-0.3, -0.25) is 0 Å². The number of hydrogen-bond acceptors (Lipinski definition) is 4. The lowest BCUT2D eigenvalue weighted by Crippen LogP contribution is -2.03. The topological polar surface area (TPSA) is 64.9 Å². The number of furan rings is 1. The summed E-state index contributed by atoms with van der Waals surface area (Å²) in [6, 6.07) is 5.53. The van der Waals surface area contributed by atoms with Crippen molar-refractivity contribution in [1.29, 1.82) is 0 Å². The van der Waals surface area contributed by atoms with E-state index in [9.17, 15) is 0 Å². The summed E-state index contributed by atoms with van der Waals surface area (Å²) < 4.78 is 5.24. The monoisotopic (exact) mass is 189 g/mol. The van der Waals surface area contributed by atoms with Crippen LogP contribution in [0.1, 0.15) is 11.5 Å². The van der Waals surface area contributed by atoms with Gasteiger partial charge in [0.05, 0.1) is 12.0 Å². The Morgan fingerprint density at radius 3 is 2.93 bits per heavy atom. The Morgan fingerprint density at radius 2 is 2.29 bits per heavy atom. The lowest BCUT2D eigenvalue weighted by atomic mass is 10.2. The molecule has 0 bridgehead atoms. The van der Waals surface area contributed by atoms with Crippen LogP contribution in [-0.4, -0.2) is 9.97 Å². The van der Waals surface area contributed by atoms with Crippen LogP contribution in [0.25, 0.3) is 11.5 Å². The van der Waals surface area contributed by atoms with Gasteiger partial charge in [-0.1, -0.05) is 0 Å². The Bertz CT molecular complexity index is 423. The molecule has 2 aromatic heterocycles. The molecule has 2 rings (SSSR count). The molecule has 0 saturated carbocycles. The van der Waals surface area contributed by atoms with Crippen molar-refractivity contribution in [1.82, 2.24) is 9.97 Å². The Balaban J connectivity index is 2.48. The molecule has 0 amide bonds. The summed E-state index contributed by atoms with van der Waals surface area (Å²) in [5.74, 6) is 1.45. The highest BCUT2D eigenvalue weighted by Crippen LogP contribution is 2.17. The average Bonchev–Trinajstić information content (AvgIpc) is 2.69. The first-order chi connectivity index (χ1) is 6.79. The Morgan fingerprint density at radius 1 is 1.43 bits per heavy atom. The van der Waals surface area contributed by atoms with Gasteiger partial charge >= 0.3 is 0 Å². The van der Waals surface area contributed by atoms with Crippen molar-refractivity contribution in [3.05, 3.63) is 36.0 Å². The van der Waals surface area contributed by atoms with E-state index in [0.717, 1.165) is 17.1 Å². The van der Waals surface area contributed by atoms with Crippen molar-refractivity contribution in [2.45, 2.75) is 13.5 Å². The van der Waals surface area contributed by atoms with Crippen molar-refractivity contribution in [3.63, 3.8) is 0 Å². The third kappa shape index (κ3) is 1.65. The highest BCUT2D eigenvalue weighted by Gasteiger charge is 2.05. The summed E-state index contributed by atoms with van der Waals surface area (Å²) in [5, 5.41) is 0. The van der Waals surface area contributed by atoms with E-state index in [2.05, 4.69) is 9.97 Å². The zero-order valence-electron chi connectivity index (χ0n) is 7.90. The molecule has 0 saturated heterocycles. The van der Waals surface area contributed by atoms with Crippen LogP contribution in [-0.2, 0) is 6.54 Å². The van der Waals surface area contributed by atoms with Gasteiger partial charge in [0, 0.05) is 6.54 Å². The molecule has 4 heteroatoms. The third-order valence-electron chi connectivity index (χ3n) is 1.87. The number of hydrogen-bond donors (Lipinski definition) is 1. The minimum Gasteiger partial charge on any atom is -0.463 e. The molecule has 0 aliphatic rings. The maximum absolute atomic E-state index is 5.52. The largest absolute Gasteiger partial charge is 0.463 e. The number of rotatable bonds is 2. The molecule has 14 heavy (non-hydrogen) atoms. The van der Waals surface area contributed by atoms with E-state index in [1.807, 2.05) is 25.1 Å². The fourth-order valence-corrected chi connectivity index (χ4v) is 1.28. The number of nitrogens with zero attached hydrogens (tertiary/aromatic N) is 2. The molecule has 0 unspecified atom stereocenters. The van der Waals surface area contributed by atoms with Crippen LogP contribution in [0.3, 0.4) is 0 Å². The molecule has 0 radical (unpaired) electrons. The summed E-state index contributed by atoms with van der Waals surface area (Å²) in [5.41, 5.74) is 7.12. The molecular formula is C10H11N3O. The molecule has 0 aliphatic heterocycles. The molecule has 2 heterocycles. The summed E-state index contributed by atoms with van der Waals surface area (Å²) >= 11 is 0. The smallest absolute Gasteiger partial charge is 0.152 e. The summed E-state index contributed by atoms with van der Waals surface area (Å²) in [7, 11) is 0. The van der Waals surface area contributed by atoms with Crippen molar-refractivity contribution in [2.75, 3.05) is 0 Å². The van der Waals surface area contributed by atoms with Gasteiger partial charge in [-0.2, -0.15) is 0 Å². The highest BCUT2D eigenvalue weighted by atomic mass is 16.3. The van der Waals surface area contributed by atoms with Crippen LogP contribution in [0.15, 0.2) is 28.9 Å². The van der Waals surface area contributed by atoms with Gasteiger partial charge in [0.25, 0.3) is 0 Å². The Kier molecular flexibility index (Phi) is 2.28. The van der Waals surface area contributed by atoms with Gasteiger partial charge in [-0.05, 0) is 25.1 Å². The first-order valence-corrected chi connectivity index (χ1v) is 4.38. The quantitative estimate of drug-likeness (QED) is 0.777. The SMILES string of the molecule is Cc1nc(CN)cc(-c2ccco2)n1. The van der Waals surface area contributed by atoms with E-state index in [0.29, 0.717) is 12.4 Å². The van der Waals surface area contributed by atoms with Crippen LogP contribution in [0.4, 0.5) is 0 Å². The summed E-state index contributed by atoms with van der Waals surface area (Å²) in [4.78, 5) is 8.45. The van der Waals surface area contributed by atoms with Crippen LogP contribution in [0.5, 0.6) is 0 Å². The standard InChI is InChI=1S/C10H11N3O/c1-7-12-8(6-11)5-9(13-7)10-3-2-4-14-10/h2-5H,6,11H2,1H3. The predicted molar refractivity (Wildman–Crippen MR) is 52.4 cm³/mol. The van der Waals surface area contributed by atoms with E-state index in [4.69, 9.17) is 10.2 Å². The predicted octanol–water partition coefficient (Wildman–Crippen LogP) is 1.50. The van der Waals surface area contributed by atoms with Crippen LogP contribution < -0.4 is 5.73 Å².